The molecule has 0 heterocycles. The first kappa shape index (κ1) is 14.2. The summed E-state index contributed by atoms with van der Waals surface area (Å²) >= 11 is 0. The van der Waals surface area contributed by atoms with Gasteiger partial charge in [0, 0.05) is 34.9 Å². The van der Waals surface area contributed by atoms with Gasteiger partial charge in [-0.2, -0.15) is 0 Å². The van der Waals surface area contributed by atoms with Crippen LogP contribution >= 0.6 is 0 Å². The van der Waals surface area contributed by atoms with E-state index in [9.17, 15) is 4.21 Å². The van der Waals surface area contributed by atoms with Crippen molar-refractivity contribution in [3.05, 3.63) is 0 Å². The van der Waals surface area contributed by atoms with Crippen molar-refractivity contribution in [2.24, 2.45) is 11.3 Å². The third-order valence-electron chi connectivity index (χ3n) is 3.67. The zero-order chi connectivity index (χ0) is 12.3. The zero-order valence-electron chi connectivity index (χ0n) is 11.4. The monoisotopic (exact) mass is 245 g/mol. The Balaban J connectivity index is 2.34. The Morgan fingerprint density at radius 3 is 2.50 bits per heavy atom. The molecule has 1 aliphatic rings. The second-order valence-electron chi connectivity index (χ2n) is 6.29. The molecular weight excluding hydrogens is 218 g/mol. The lowest BCUT2D eigenvalue weighted by atomic mass is 9.91. The zero-order valence-corrected chi connectivity index (χ0v) is 12.2. The topological polar surface area (TPSA) is 29.1 Å². The molecule has 2 nitrogen and oxygen atoms in total. The molecule has 0 amide bonds. The third-order valence-corrected chi connectivity index (χ3v) is 4.48. The van der Waals surface area contributed by atoms with E-state index in [-0.39, 0.29) is 0 Å². The summed E-state index contributed by atoms with van der Waals surface area (Å²) in [6, 6.07) is 1.14. The fourth-order valence-corrected chi connectivity index (χ4v) is 3.59. The van der Waals surface area contributed by atoms with Crippen molar-refractivity contribution >= 4 is 10.8 Å². The van der Waals surface area contributed by atoms with E-state index < -0.39 is 10.8 Å². The van der Waals surface area contributed by atoms with Crippen molar-refractivity contribution in [1.29, 1.82) is 0 Å². The quantitative estimate of drug-likeness (QED) is 0.806. The van der Waals surface area contributed by atoms with Gasteiger partial charge in [-0.15, -0.1) is 0 Å². The highest BCUT2D eigenvalue weighted by Gasteiger charge is 2.36. The molecule has 96 valence electrons. The average Bonchev–Trinajstić information content (AvgIpc) is 2.36. The molecule has 0 aromatic carbocycles. The Bertz CT molecular complexity index is 252. The van der Waals surface area contributed by atoms with Crippen LogP contribution in [-0.2, 0) is 10.8 Å². The molecule has 0 aromatic rings. The summed E-state index contributed by atoms with van der Waals surface area (Å²) in [7, 11) is -0.653. The van der Waals surface area contributed by atoms with Gasteiger partial charge in [0.05, 0.1) is 0 Å². The molecule has 1 fully saturated rings. The van der Waals surface area contributed by atoms with Crippen molar-refractivity contribution < 1.29 is 4.21 Å². The van der Waals surface area contributed by atoms with Crippen LogP contribution in [0, 0.1) is 11.3 Å². The van der Waals surface area contributed by atoms with Crippen molar-refractivity contribution in [3.8, 4) is 0 Å². The maximum atomic E-state index is 11.0. The summed E-state index contributed by atoms with van der Waals surface area (Å²) in [6.07, 6.45) is 5.39. The van der Waals surface area contributed by atoms with Crippen LogP contribution < -0.4 is 5.32 Å². The van der Waals surface area contributed by atoms with Gasteiger partial charge in [-0.3, -0.25) is 4.21 Å². The van der Waals surface area contributed by atoms with E-state index in [1.54, 1.807) is 6.26 Å². The van der Waals surface area contributed by atoms with E-state index in [0.29, 0.717) is 17.5 Å². The van der Waals surface area contributed by atoms with E-state index in [0.717, 1.165) is 18.1 Å². The van der Waals surface area contributed by atoms with Gasteiger partial charge in [0.15, 0.2) is 0 Å². The molecule has 0 spiro atoms. The lowest BCUT2D eigenvalue weighted by Crippen LogP contribution is -2.39. The number of nitrogens with one attached hydrogen (secondary N) is 1. The summed E-state index contributed by atoms with van der Waals surface area (Å²) in [4.78, 5) is 0. The summed E-state index contributed by atoms with van der Waals surface area (Å²) in [5.41, 5.74) is 0.490. The molecule has 3 heteroatoms. The highest BCUT2D eigenvalue weighted by molar-refractivity contribution is 7.84. The van der Waals surface area contributed by atoms with Gasteiger partial charge in [0.25, 0.3) is 0 Å². The highest BCUT2D eigenvalue weighted by atomic mass is 32.2. The summed E-state index contributed by atoms with van der Waals surface area (Å²) in [6.45, 7) is 9.27. The lowest BCUT2D eigenvalue weighted by molar-refractivity contribution is 0.353. The van der Waals surface area contributed by atoms with Gasteiger partial charge in [-0.05, 0) is 37.5 Å². The SMILES string of the molecule is CC(CCS(C)=O)NC1CC(C)(C)CC1C. The van der Waals surface area contributed by atoms with Gasteiger partial charge in [-0.1, -0.05) is 20.8 Å². The van der Waals surface area contributed by atoms with Crippen molar-refractivity contribution in [2.75, 3.05) is 12.0 Å². The minimum atomic E-state index is -0.653. The molecule has 16 heavy (non-hydrogen) atoms. The maximum absolute atomic E-state index is 11.0. The van der Waals surface area contributed by atoms with Crippen LogP contribution in [0.1, 0.15) is 47.0 Å². The minimum Gasteiger partial charge on any atom is -0.311 e. The lowest BCUT2D eigenvalue weighted by Gasteiger charge is -2.23. The fraction of sp³-hybridized carbons (Fsp3) is 1.00. The smallest absolute Gasteiger partial charge is 0.0246 e. The first-order valence-corrected chi connectivity index (χ1v) is 8.09. The molecule has 0 aliphatic heterocycles. The van der Waals surface area contributed by atoms with Crippen LogP contribution in [0.2, 0.25) is 0 Å². The Kier molecular flexibility index (Phi) is 4.99. The molecule has 0 saturated heterocycles. The van der Waals surface area contributed by atoms with Crippen LogP contribution in [0.15, 0.2) is 0 Å². The van der Waals surface area contributed by atoms with Crippen LogP contribution in [0.4, 0.5) is 0 Å². The van der Waals surface area contributed by atoms with Gasteiger partial charge in [0.1, 0.15) is 0 Å². The molecule has 0 aromatic heterocycles. The number of rotatable bonds is 5. The minimum absolute atomic E-state index is 0.490. The van der Waals surface area contributed by atoms with Crippen molar-refractivity contribution in [1.82, 2.24) is 5.32 Å². The number of hydrogen-bond donors (Lipinski definition) is 1. The predicted molar refractivity (Wildman–Crippen MR) is 72.1 cm³/mol. The van der Waals surface area contributed by atoms with Crippen LogP contribution in [0.5, 0.6) is 0 Å². The van der Waals surface area contributed by atoms with Gasteiger partial charge in [-0.25, -0.2) is 0 Å². The fourth-order valence-electron chi connectivity index (χ4n) is 2.91. The Hall–Kier alpha value is 0.110. The first-order chi connectivity index (χ1) is 7.30. The van der Waals surface area contributed by atoms with Gasteiger partial charge in [0.2, 0.25) is 0 Å². The summed E-state index contributed by atoms with van der Waals surface area (Å²) in [5, 5.41) is 3.71. The summed E-state index contributed by atoms with van der Waals surface area (Å²) < 4.78 is 11.0. The normalized spacial score (nSPS) is 32.6. The van der Waals surface area contributed by atoms with E-state index in [4.69, 9.17) is 0 Å². The Morgan fingerprint density at radius 1 is 1.44 bits per heavy atom. The van der Waals surface area contributed by atoms with E-state index in [1.807, 2.05) is 0 Å². The largest absolute Gasteiger partial charge is 0.311 e. The van der Waals surface area contributed by atoms with Gasteiger partial charge >= 0.3 is 0 Å². The third kappa shape index (κ3) is 4.54. The Morgan fingerprint density at radius 2 is 2.06 bits per heavy atom. The van der Waals surface area contributed by atoms with E-state index in [1.165, 1.54) is 12.8 Å². The van der Waals surface area contributed by atoms with Crippen LogP contribution in [0.3, 0.4) is 0 Å². The van der Waals surface area contributed by atoms with Gasteiger partial charge < -0.3 is 5.32 Å². The first-order valence-electron chi connectivity index (χ1n) is 6.36. The maximum Gasteiger partial charge on any atom is 0.0246 e. The molecule has 1 N–H and O–H groups in total. The number of hydrogen-bond acceptors (Lipinski definition) is 2. The highest BCUT2D eigenvalue weighted by Crippen LogP contribution is 2.40. The van der Waals surface area contributed by atoms with E-state index in [2.05, 4.69) is 33.0 Å². The molecule has 4 unspecified atom stereocenters. The molecule has 4 atom stereocenters. The predicted octanol–water partition coefficient (Wildman–Crippen LogP) is 2.56. The van der Waals surface area contributed by atoms with Crippen molar-refractivity contribution in [2.45, 2.75) is 59.0 Å². The molecule has 1 aliphatic carbocycles. The average molecular weight is 245 g/mol. The van der Waals surface area contributed by atoms with Crippen molar-refractivity contribution in [3.63, 3.8) is 0 Å². The Labute approximate surface area is 103 Å². The second-order valence-corrected chi connectivity index (χ2v) is 7.84. The summed E-state index contributed by atoms with van der Waals surface area (Å²) in [5.74, 6) is 1.59. The molecule has 0 radical (unpaired) electrons. The van der Waals surface area contributed by atoms with Crippen LogP contribution in [-0.4, -0.2) is 28.3 Å². The van der Waals surface area contributed by atoms with E-state index >= 15 is 0 Å². The molecule has 1 saturated carbocycles. The van der Waals surface area contributed by atoms with Crippen LogP contribution in [0.25, 0.3) is 0 Å². The second kappa shape index (κ2) is 5.63. The molecule has 1 rings (SSSR count). The molecular formula is C13H27NOS. The standard InChI is InChI=1S/C13H27NOS/c1-10-8-13(3,4)9-12(10)14-11(2)6-7-16(5)15/h10-12,14H,6-9H2,1-5H3. The molecule has 0 bridgehead atoms.